The maximum Gasteiger partial charge on any atom is 0.126 e. The van der Waals surface area contributed by atoms with Crippen molar-refractivity contribution in [2.75, 3.05) is 5.32 Å². The van der Waals surface area contributed by atoms with Gasteiger partial charge in [0.2, 0.25) is 0 Å². The van der Waals surface area contributed by atoms with Gasteiger partial charge in [0.1, 0.15) is 5.82 Å². The van der Waals surface area contributed by atoms with Crippen LogP contribution in [0.3, 0.4) is 0 Å². The van der Waals surface area contributed by atoms with Crippen LogP contribution in [0.5, 0.6) is 0 Å². The topological polar surface area (TPSA) is 32.3 Å². The van der Waals surface area contributed by atoms with Gasteiger partial charge in [-0.25, -0.2) is 4.39 Å². The molecule has 2 nitrogen and oxygen atoms in total. The maximum absolute atomic E-state index is 13.1. The number of hydrogen-bond donors (Lipinski definition) is 2. The van der Waals surface area contributed by atoms with Crippen LogP contribution in [0.1, 0.15) is 16.7 Å². The molecule has 0 spiro atoms. The Morgan fingerprint density at radius 3 is 2.33 bits per heavy atom. The predicted molar refractivity (Wildman–Crippen MR) is 70.8 cm³/mol. The number of aliphatic hydroxyl groups excluding tert-OH is 1. The van der Waals surface area contributed by atoms with Crippen molar-refractivity contribution in [3.05, 3.63) is 65.0 Å². The molecular formula is C15H16FNO. The van der Waals surface area contributed by atoms with Crippen molar-refractivity contribution in [2.45, 2.75) is 20.1 Å². The van der Waals surface area contributed by atoms with Crippen LogP contribution in [-0.2, 0) is 13.2 Å². The van der Waals surface area contributed by atoms with Gasteiger partial charge in [0.05, 0.1) is 6.61 Å². The summed E-state index contributed by atoms with van der Waals surface area (Å²) in [4.78, 5) is 0. The van der Waals surface area contributed by atoms with Gasteiger partial charge in [-0.15, -0.1) is 0 Å². The van der Waals surface area contributed by atoms with Crippen LogP contribution in [0.25, 0.3) is 0 Å². The van der Waals surface area contributed by atoms with Gasteiger partial charge in [-0.2, -0.15) is 0 Å². The monoisotopic (exact) mass is 245 g/mol. The highest BCUT2D eigenvalue weighted by Crippen LogP contribution is 2.15. The summed E-state index contributed by atoms with van der Waals surface area (Å²) in [5.41, 5.74) is 3.56. The highest BCUT2D eigenvalue weighted by molar-refractivity contribution is 5.46. The van der Waals surface area contributed by atoms with Crippen molar-refractivity contribution in [1.29, 1.82) is 0 Å². The first-order valence-corrected chi connectivity index (χ1v) is 5.88. The summed E-state index contributed by atoms with van der Waals surface area (Å²) in [6.07, 6.45) is 0. The Morgan fingerprint density at radius 2 is 1.72 bits per heavy atom. The lowest BCUT2D eigenvalue weighted by molar-refractivity contribution is 0.282. The zero-order valence-electron chi connectivity index (χ0n) is 10.3. The molecule has 2 N–H and O–H groups in total. The van der Waals surface area contributed by atoms with Gasteiger partial charge in [-0.1, -0.05) is 24.3 Å². The molecule has 0 atom stereocenters. The highest BCUT2D eigenvalue weighted by Gasteiger charge is 1.99. The van der Waals surface area contributed by atoms with Gasteiger partial charge >= 0.3 is 0 Å². The molecule has 0 fully saturated rings. The predicted octanol–water partition coefficient (Wildman–Crippen LogP) is 3.24. The molecule has 0 saturated carbocycles. The van der Waals surface area contributed by atoms with E-state index in [-0.39, 0.29) is 12.4 Å². The van der Waals surface area contributed by atoms with E-state index in [4.69, 9.17) is 5.11 Å². The van der Waals surface area contributed by atoms with Crippen molar-refractivity contribution in [1.82, 2.24) is 0 Å². The Kier molecular flexibility index (Phi) is 3.95. The Bertz CT molecular complexity index is 523. The standard InChI is InChI=1S/C15H16FNO/c1-11-8-14(6-7-15(11)16)17-9-12-2-4-13(10-18)5-3-12/h2-8,17-18H,9-10H2,1H3. The Labute approximate surface area is 106 Å². The SMILES string of the molecule is Cc1cc(NCc2ccc(CO)cc2)ccc1F. The van der Waals surface area contributed by atoms with Gasteiger partial charge in [-0.3, -0.25) is 0 Å². The van der Waals surface area contributed by atoms with Crippen LogP contribution < -0.4 is 5.32 Å². The van der Waals surface area contributed by atoms with Crippen molar-refractivity contribution >= 4 is 5.69 Å². The van der Waals surface area contributed by atoms with Gasteiger partial charge in [0, 0.05) is 12.2 Å². The molecule has 0 saturated heterocycles. The summed E-state index contributed by atoms with van der Waals surface area (Å²) < 4.78 is 13.1. The molecule has 2 aromatic carbocycles. The van der Waals surface area contributed by atoms with E-state index in [9.17, 15) is 4.39 Å². The zero-order valence-corrected chi connectivity index (χ0v) is 10.3. The fraction of sp³-hybridized carbons (Fsp3) is 0.200. The minimum atomic E-state index is -0.187. The molecule has 0 radical (unpaired) electrons. The normalized spacial score (nSPS) is 10.4. The third-order valence-electron chi connectivity index (χ3n) is 2.86. The number of rotatable bonds is 4. The molecule has 2 aromatic rings. The number of aryl methyl sites for hydroxylation is 1. The number of benzene rings is 2. The second-order valence-electron chi connectivity index (χ2n) is 4.29. The molecule has 2 rings (SSSR count). The molecule has 0 heterocycles. The summed E-state index contributed by atoms with van der Waals surface area (Å²) in [6.45, 7) is 2.48. The molecule has 0 aromatic heterocycles. The fourth-order valence-electron chi connectivity index (χ4n) is 1.72. The van der Waals surface area contributed by atoms with Crippen LogP contribution in [0.15, 0.2) is 42.5 Å². The second kappa shape index (κ2) is 5.65. The lowest BCUT2D eigenvalue weighted by Gasteiger charge is -2.08. The Hall–Kier alpha value is -1.87. The summed E-state index contributed by atoms with van der Waals surface area (Å²) in [7, 11) is 0. The van der Waals surface area contributed by atoms with E-state index in [1.54, 1.807) is 19.1 Å². The van der Waals surface area contributed by atoms with Crippen LogP contribution >= 0.6 is 0 Å². The molecule has 0 bridgehead atoms. The summed E-state index contributed by atoms with van der Waals surface area (Å²) in [5.74, 6) is -0.187. The highest BCUT2D eigenvalue weighted by atomic mass is 19.1. The number of aliphatic hydroxyl groups is 1. The minimum absolute atomic E-state index is 0.0604. The molecule has 0 aliphatic rings. The van der Waals surface area contributed by atoms with Gasteiger partial charge < -0.3 is 10.4 Å². The van der Waals surface area contributed by atoms with Gasteiger partial charge in [0.15, 0.2) is 0 Å². The van der Waals surface area contributed by atoms with E-state index in [1.807, 2.05) is 24.3 Å². The second-order valence-corrected chi connectivity index (χ2v) is 4.29. The average Bonchev–Trinajstić information content (AvgIpc) is 2.41. The zero-order chi connectivity index (χ0) is 13.0. The molecule has 18 heavy (non-hydrogen) atoms. The van der Waals surface area contributed by atoms with Crippen LogP contribution in [0.2, 0.25) is 0 Å². The summed E-state index contributed by atoms with van der Waals surface area (Å²) in [5, 5.41) is 12.2. The van der Waals surface area contributed by atoms with E-state index in [0.717, 1.165) is 16.8 Å². The molecule has 3 heteroatoms. The van der Waals surface area contributed by atoms with Gasteiger partial charge in [-0.05, 0) is 41.8 Å². The van der Waals surface area contributed by atoms with E-state index >= 15 is 0 Å². The quantitative estimate of drug-likeness (QED) is 0.866. The number of hydrogen-bond acceptors (Lipinski definition) is 2. The van der Waals surface area contributed by atoms with E-state index in [1.165, 1.54) is 6.07 Å². The average molecular weight is 245 g/mol. The third-order valence-corrected chi connectivity index (χ3v) is 2.86. The molecule has 0 aliphatic carbocycles. The molecular weight excluding hydrogens is 229 g/mol. The van der Waals surface area contributed by atoms with Gasteiger partial charge in [0.25, 0.3) is 0 Å². The van der Waals surface area contributed by atoms with Crippen LogP contribution in [0.4, 0.5) is 10.1 Å². The first-order valence-electron chi connectivity index (χ1n) is 5.88. The fourth-order valence-corrected chi connectivity index (χ4v) is 1.72. The van der Waals surface area contributed by atoms with Crippen LogP contribution in [-0.4, -0.2) is 5.11 Å². The summed E-state index contributed by atoms with van der Waals surface area (Å²) in [6, 6.07) is 12.7. The Balaban J connectivity index is 1.99. The summed E-state index contributed by atoms with van der Waals surface area (Å²) >= 11 is 0. The number of anilines is 1. The largest absolute Gasteiger partial charge is 0.392 e. The van der Waals surface area contributed by atoms with Crippen molar-refractivity contribution < 1.29 is 9.50 Å². The van der Waals surface area contributed by atoms with Crippen LogP contribution in [0, 0.1) is 12.7 Å². The lowest BCUT2D eigenvalue weighted by Crippen LogP contribution is -2.00. The smallest absolute Gasteiger partial charge is 0.126 e. The van der Waals surface area contributed by atoms with Crippen molar-refractivity contribution in [2.24, 2.45) is 0 Å². The van der Waals surface area contributed by atoms with E-state index < -0.39 is 0 Å². The van der Waals surface area contributed by atoms with Crippen molar-refractivity contribution in [3.63, 3.8) is 0 Å². The van der Waals surface area contributed by atoms with E-state index in [2.05, 4.69) is 5.32 Å². The lowest BCUT2D eigenvalue weighted by atomic mass is 10.1. The molecule has 0 unspecified atom stereocenters. The molecule has 0 aliphatic heterocycles. The first-order chi connectivity index (χ1) is 8.69. The third kappa shape index (κ3) is 3.08. The number of halogens is 1. The molecule has 94 valence electrons. The Morgan fingerprint density at radius 1 is 1.06 bits per heavy atom. The number of nitrogens with one attached hydrogen (secondary N) is 1. The van der Waals surface area contributed by atoms with Crippen molar-refractivity contribution in [3.8, 4) is 0 Å². The van der Waals surface area contributed by atoms with E-state index in [0.29, 0.717) is 12.1 Å². The molecule has 0 amide bonds. The first kappa shape index (κ1) is 12.6. The maximum atomic E-state index is 13.1. The minimum Gasteiger partial charge on any atom is -0.392 e.